The van der Waals surface area contributed by atoms with Crippen LogP contribution in [0.15, 0.2) is 41.6 Å². The van der Waals surface area contributed by atoms with Crippen LogP contribution < -0.4 is 5.43 Å². The highest BCUT2D eigenvalue weighted by Crippen LogP contribution is 2.22. The van der Waals surface area contributed by atoms with Crippen LogP contribution in [0.25, 0.3) is 17.0 Å². The predicted molar refractivity (Wildman–Crippen MR) is 84.1 cm³/mol. The van der Waals surface area contributed by atoms with Crippen molar-refractivity contribution in [2.45, 2.75) is 13.3 Å². The van der Waals surface area contributed by atoms with E-state index in [4.69, 9.17) is 5.26 Å². The van der Waals surface area contributed by atoms with E-state index in [2.05, 4.69) is 10.5 Å². The van der Waals surface area contributed by atoms with E-state index >= 15 is 0 Å². The van der Waals surface area contributed by atoms with Gasteiger partial charge >= 0.3 is 0 Å². The molecule has 1 amide bonds. The fourth-order valence-electron chi connectivity index (χ4n) is 2.01. The van der Waals surface area contributed by atoms with E-state index in [0.717, 1.165) is 16.5 Å². The minimum absolute atomic E-state index is 0.0618. The molecule has 0 atom stereocenters. The number of nitrogens with zero attached hydrogens (tertiary/aromatic N) is 3. The molecule has 6 heteroatoms. The lowest BCUT2D eigenvalue weighted by Crippen LogP contribution is -2.15. The molecule has 0 unspecified atom stereocenters. The highest BCUT2D eigenvalue weighted by Gasteiger charge is 2.07. The Morgan fingerprint density at radius 2 is 2.18 bits per heavy atom. The van der Waals surface area contributed by atoms with E-state index in [0.29, 0.717) is 0 Å². The van der Waals surface area contributed by atoms with Gasteiger partial charge in [-0.1, -0.05) is 24.3 Å². The van der Waals surface area contributed by atoms with Crippen LogP contribution in [0.5, 0.6) is 0 Å². The van der Waals surface area contributed by atoms with Crippen LogP contribution in [0.4, 0.5) is 0 Å². The maximum absolute atomic E-state index is 11.6. The second-order valence-electron chi connectivity index (χ2n) is 4.50. The summed E-state index contributed by atoms with van der Waals surface area (Å²) in [7, 11) is 0. The van der Waals surface area contributed by atoms with Gasteiger partial charge in [0.25, 0.3) is 5.91 Å². The van der Waals surface area contributed by atoms with E-state index in [1.807, 2.05) is 24.3 Å². The Balaban J connectivity index is 2.17. The van der Waals surface area contributed by atoms with Gasteiger partial charge in [0.2, 0.25) is 5.91 Å². The highest BCUT2D eigenvalue weighted by molar-refractivity contribution is 5.98. The number of rotatable bonds is 4. The molecule has 0 aliphatic rings. The first-order valence-electron chi connectivity index (χ1n) is 6.60. The summed E-state index contributed by atoms with van der Waals surface area (Å²) in [6.07, 6.45) is 6.38. The van der Waals surface area contributed by atoms with Crippen LogP contribution in [0.1, 0.15) is 23.7 Å². The minimum atomic E-state index is -0.458. The molecule has 0 aliphatic carbocycles. The number of hydrogen-bond donors (Lipinski definition) is 1. The van der Waals surface area contributed by atoms with Gasteiger partial charge in [0.05, 0.1) is 11.6 Å². The molecule has 0 aliphatic heterocycles. The Labute approximate surface area is 127 Å². The normalized spacial score (nSPS) is 11.1. The molecular weight excluding hydrogens is 280 g/mol. The Hall–Kier alpha value is -3.20. The Morgan fingerprint density at radius 3 is 2.91 bits per heavy atom. The number of aromatic nitrogens is 1. The van der Waals surface area contributed by atoms with Gasteiger partial charge in [-0.15, -0.1) is 0 Å². The van der Waals surface area contributed by atoms with Crippen molar-refractivity contribution in [3.05, 3.63) is 42.1 Å². The second-order valence-corrected chi connectivity index (χ2v) is 4.50. The van der Waals surface area contributed by atoms with Crippen molar-refractivity contribution in [3.63, 3.8) is 0 Å². The molecule has 1 N–H and O–H groups in total. The molecule has 0 radical (unpaired) electrons. The van der Waals surface area contributed by atoms with Gasteiger partial charge in [-0.25, -0.2) is 5.43 Å². The number of allylic oxidation sites excluding steroid dienone is 1. The molecule has 0 saturated carbocycles. The largest absolute Gasteiger partial charge is 0.287 e. The summed E-state index contributed by atoms with van der Waals surface area (Å²) in [6.45, 7) is 1.51. The predicted octanol–water partition coefficient (Wildman–Crippen LogP) is 2.33. The molecule has 2 rings (SSSR count). The van der Waals surface area contributed by atoms with Crippen molar-refractivity contribution in [2.24, 2.45) is 5.10 Å². The van der Waals surface area contributed by atoms with Crippen LogP contribution >= 0.6 is 0 Å². The number of para-hydroxylation sites is 1. The quantitative estimate of drug-likeness (QED) is 0.693. The third kappa shape index (κ3) is 3.46. The molecule has 110 valence electrons. The molecule has 0 spiro atoms. The first-order valence-corrected chi connectivity index (χ1v) is 6.60. The van der Waals surface area contributed by atoms with Gasteiger partial charge in [-0.3, -0.25) is 14.2 Å². The molecule has 2 aromatic rings. The Morgan fingerprint density at radius 1 is 1.41 bits per heavy atom. The number of benzene rings is 1. The number of carbonyl (C=O) groups is 2. The van der Waals surface area contributed by atoms with Gasteiger partial charge in [0, 0.05) is 30.3 Å². The summed E-state index contributed by atoms with van der Waals surface area (Å²) in [6, 6.07) is 9.32. The van der Waals surface area contributed by atoms with E-state index in [1.165, 1.54) is 13.1 Å². The van der Waals surface area contributed by atoms with Crippen LogP contribution in [-0.2, 0) is 4.79 Å². The monoisotopic (exact) mass is 294 g/mol. The Bertz CT molecular complexity index is 809. The summed E-state index contributed by atoms with van der Waals surface area (Å²) in [5.41, 5.74) is 3.95. The third-order valence-corrected chi connectivity index (χ3v) is 2.95. The molecule has 1 heterocycles. The first-order chi connectivity index (χ1) is 10.6. The molecular formula is C16H14N4O2. The van der Waals surface area contributed by atoms with Crippen molar-refractivity contribution < 1.29 is 9.59 Å². The average Bonchev–Trinajstić information content (AvgIpc) is 2.86. The fourth-order valence-corrected chi connectivity index (χ4v) is 2.01. The maximum Gasteiger partial charge on any atom is 0.254 e. The third-order valence-electron chi connectivity index (χ3n) is 2.95. The smallest absolute Gasteiger partial charge is 0.254 e. The number of hydrazone groups is 1. The lowest BCUT2D eigenvalue weighted by molar-refractivity contribution is -0.120. The number of amides is 1. The lowest BCUT2D eigenvalue weighted by Gasteiger charge is -1.96. The zero-order valence-electron chi connectivity index (χ0n) is 12.0. The summed E-state index contributed by atoms with van der Waals surface area (Å²) in [5, 5.41) is 13.0. The van der Waals surface area contributed by atoms with E-state index in [9.17, 15) is 9.59 Å². The van der Waals surface area contributed by atoms with Gasteiger partial charge < -0.3 is 0 Å². The summed E-state index contributed by atoms with van der Waals surface area (Å²) >= 11 is 0. The minimum Gasteiger partial charge on any atom is -0.287 e. The molecule has 1 aromatic carbocycles. The molecule has 0 bridgehead atoms. The fraction of sp³-hybridized carbons (Fsp3) is 0.125. The standard InChI is InChI=1S/C16H14N4O2/c1-12(21)20-11-13(14-6-2-3-7-15(14)20)5-4-10-18-19-16(22)8-9-17/h2-7,10-11H,8H2,1H3,(H,19,22)/b5-4+,18-10?. The van der Waals surface area contributed by atoms with E-state index < -0.39 is 5.91 Å². The maximum atomic E-state index is 11.6. The van der Waals surface area contributed by atoms with E-state index in [1.54, 1.807) is 29.0 Å². The highest BCUT2D eigenvalue weighted by atomic mass is 16.2. The zero-order chi connectivity index (χ0) is 15.9. The van der Waals surface area contributed by atoms with Gasteiger partial charge in [0.15, 0.2) is 0 Å². The lowest BCUT2D eigenvalue weighted by atomic mass is 10.1. The molecule has 22 heavy (non-hydrogen) atoms. The number of nitriles is 1. The van der Waals surface area contributed by atoms with Crippen molar-refractivity contribution in [2.75, 3.05) is 0 Å². The molecule has 6 nitrogen and oxygen atoms in total. The number of carbonyl (C=O) groups excluding carboxylic acids is 2. The zero-order valence-corrected chi connectivity index (χ0v) is 12.0. The SMILES string of the molecule is CC(=O)n1cc(/C=C/C=NNC(=O)CC#N)c2ccccc21. The van der Waals surface area contributed by atoms with Crippen molar-refractivity contribution >= 4 is 35.0 Å². The topological polar surface area (TPSA) is 87.2 Å². The molecule has 1 aromatic heterocycles. The summed E-state index contributed by atoms with van der Waals surface area (Å²) in [4.78, 5) is 22.6. The summed E-state index contributed by atoms with van der Waals surface area (Å²) in [5.74, 6) is -0.520. The number of hydrogen-bond acceptors (Lipinski definition) is 4. The van der Waals surface area contributed by atoms with Crippen LogP contribution in [0, 0.1) is 11.3 Å². The van der Waals surface area contributed by atoms with Crippen LogP contribution in [-0.4, -0.2) is 22.6 Å². The van der Waals surface area contributed by atoms with Gasteiger partial charge in [-0.2, -0.15) is 10.4 Å². The van der Waals surface area contributed by atoms with Gasteiger partial charge in [-0.05, 0) is 12.1 Å². The summed E-state index contributed by atoms with van der Waals surface area (Å²) < 4.78 is 1.58. The van der Waals surface area contributed by atoms with Crippen molar-refractivity contribution in [1.82, 2.24) is 9.99 Å². The first kappa shape index (κ1) is 15.2. The molecule has 0 fully saturated rings. The number of fused-ring (bicyclic) bond motifs is 1. The van der Waals surface area contributed by atoms with Gasteiger partial charge in [0.1, 0.15) is 6.42 Å². The molecule has 0 saturated heterocycles. The van der Waals surface area contributed by atoms with Crippen molar-refractivity contribution in [3.8, 4) is 6.07 Å². The average molecular weight is 294 g/mol. The van der Waals surface area contributed by atoms with Crippen LogP contribution in [0.2, 0.25) is 0 Å². The van der Waals surface area contributed by atoms with E-state index in [-0.39, 0.29) is 12.3 Å². The number of nitrogens with one attached hydrogen (secondary N) is 1. The van der Waals surface area contributed by atoms with Crippen LogP contribution in [0.3, 0.4) is 0 Å². The van der Waals surface area contributed by atoms with Crippen molar-refractivity contribution in [1.29, 1.82) is 5.26 Å². The Kier molecular flexibility index (Phi) is 4.83. The second kappa shape index (κ2) is 6.99.